The first kappa shape index (κ1) is 16.7. The maximum absolute atomic E-state index is 12.4. The van der Waals surface area contributed by atoms with Crippen molar-refractivity contribution >= 4 is 23.5 Å². The number of fused-ring (bicyclic) bond motifs is 1. The molecule has 1 aliphatic heterocycles. The number of nitrogens with zero attached hydrogens (tertiary/aromatic N) is 6. The predicted octanol–water partition coefficient (Wildman–Crippen LogP) is 1.40. The summed E-state index contributed by atoms with van der Waals surface area (Å²) in [5.74, 6) is 2.57. The maximum atomic E-state index is 12.4. The van der Waals surface area contributed by atoms with E-state index in [1.54, 1.807) is 12.4 Å². The lowest BCUT2D eigenvalue weighted by atomic mass is 9.87. The summed E-state index contributed by atoms with van der Waals surface area (Å²) in [6, 6.07) is 1.82. The third kappa shape index (κ3) is 3.07. The number of Topliss-reactive ketones (excluding diaryl/α,β-unsaturated/α-hetero) is 1. The van der Waals surface area contributed by atoms with E-state index in [0.717, 1.165) is 44.2 Å². The Balaban J connectivity index is 1.56. The second kappa shape index (κ2) is 6.86. The van der Waals surface area contributed by atoms with Crippen molar-refractivity contribution in [3.8, 4) is 0 Å². The Kier molecular flexibility index (Phi) is 4.40. The minimum Gasteiger partial charge on any atom is -0.372 e. The van der Waals surface area contributed by atoms with Gasteiger partial charge in [0.15, 0.2) is 5.78 Å². The molecule has 1 N–H and O–H groups in total. The Hall–Kier alpha value is -2.77. The van der Waals surface area contributed by atoms with Crippen LogP contribution >= 0.6 is 0 Å². The molecule has 1 fully saturated rings. The highest BCUT2D eigenvalue weighted by Crippen LogP contribution is 2.30. The molecule has 8 nitrogen and oxygen atoms in total. The average molecular weight is 353 g/mol. The van der Waals surface area contributed by atoms with Crippen LogP contribution in [-0.2, 0) is 6.42 Å². The molecular weight excluding hydrogens is 330 g/mol. The summed E-state index contributed by atoms with van der Waals surface area (Å²) >= 11 is 0. The molecule has 2 aromatic heterocycles. The van der Waals surface area contributed by atoms with E-state index in [0.29, 0.717) is 29.7 Å². The van der Waals surface area contributed by atoms with Gasteiger partial charge in [0.2, 0.25) is 11.9 Å². The summed E-state index contributed by atoms with van der Waals surface area (Å²) in [5.41, 5.74) is 1.54. The lowest BCUT2D eigenvalue weighted by Gasteiger charge is -2.35. The van der Waals surface area contributed by atoms with E-state index in [1.807, 2.05) is 13.1 Å². The molecule has 0 bridgehead atoms. The lowest BCUT2D eigenvalue weighted by molar-refractivity contribution is 0.0952. The van der Waals surface area contributed by atoms with Crippen molar-refractivity contribution in [3.63, 3.8) is 0 Å². The molecule has 8 heteroatoms. The van der Waals surface area contributed by atoms with Crippen molar-refractivity contribution in [3.05, 3.63) is 29.7 Å². The quantitative estimate of drug-likeness (QED) is 0.886. The summed E-state index contributed by atoms with van der Waals surface area (Å²) in [4.78, 5) is 34.8. The van der Waals surface area contributed by atoms with Crippen LogP contribution in [0, 0.1) is 5.92 Å². The van der Waals surface area contributed by atoms with E-state index in [9.17, 15) is 4.79 Å². The van der Waals surface area contributed by atoms with Crippen molar-refractivity contribution in [2.75, 3.05) is 48.3 Å². The highest BCUT2D eigenvalue weighted by atomic mass is 16.1. The van der Waals surface area contributed by atoms with Crippen LogP contribution in [0.5, 0.6) is 0 Å². The number of hydrogen-bond donors (Lipinski definition) is 1. The highest BCUT2D eigenvalue weighted by Gasteiger charge is 2.29. The van der Waals surface area contributed by atoms with Gasteiger partial charge >= 0.3 is 0 Å². The number of carbonyl (C=O) groups excluding carboxylic acids is 1. The minimum absolute atomic E-state index is 0.140. The number of piperazine rings is 1. The van der Waals surface area contributed by atoms with Crippen molar-refractivity contribution in [2.24, 2.45) is 5.92 Å². The van der Waals surface area contributed by atoms with Crippen LogP contribution in [0.3, 0.4) is 0 Å². The Bertz CT molecular complexity index is 803. The maximum Gasteiger partial charge on any atom is 0.227 e. The first-order valence-electron chi connectivity index (χ1n) is 9.04. The van der Waals surface area contributed by atoms with Gasteiger partial charge in [-0.3, -0.25) is 4.79 Å². The zero-order chi connectivity index (χ0) is 18.1. The minimum atomic E-state index is 0.140. The van der Waals surface area contributed by atoms with Gasteiger partial charge in [-0.1, -0.05) is 6.92 Å². The van der Waals surface area contributed by atoms with Gasteiger partial charge in [-0.2, -0.15) is 4.98 Å². The van der Waals surface area contributed by atoms with E-state index >= 15 is 0 Å². The predicted molar refractivity (Wildman–Crippen MR) is 99.9 cm³/mol. The third-order valence-corrected chi connectivity index (χ3v) is 4.96. The molecule has 0 radical (unpaired) electrons. The van der Waals surface area contributed by atoms with Crippen molar-refractivity contribution in [1.29, 1.82) is 0 Å². The summed E-state index contributed by atoms with van der Waals surface area (Å²) in [6.07, 6.45) is 4.92. The molecule has 1 atom stereocenters. The van der Waals surface area contributed by atoms with Crippen LogP contribution in [0.25, 0.3) is 0 Å². The molecule has 1 saturated heterocycles. The lowest BCUT2D eigenvalue weighted by Crippen LogP contribution is -2.48. The van der Waals surface area contributed by atoms with Gasteiger partial charge in [0.1, 0.15) is 5.82 Å². The number of anilines is 3. The zero-order valence-electron chi connectivity index (χ0n) is 15.1. The summed E-state index contributed by atoms with van der Waals surface area (Å²) in [7, 11) is 1.81. The first-order valence-corrected chi connectivity index (χ1v) is 9.04. The second-order valence-electron chi connectivity index (χ2n) is 6.90. The van der Waals surface area contributed by atoms with Crippen LogP contribution in [0.1, 0.15) is 29.4 Å². The van der Waals surface area contributed by atoms with Gasteiger partial charge < -0.3 is 15.1 Å². The number of ketones is 1. The number of rotatable bonds is 3. The van der Waals surface area contributed by atoms with E-state index in [2.05, 4.69) is 37.0 Å². The fraction of sp³-hybridized carbons (Fsp3) is 0.500. The molecule has 0 amide bonds. The Morgan fingerprint density at radius 3 is 2.31 bits per heavy atom. The fourth-order valence-corrected chi connectivity index (χ4v) is 3.64. The molecule has 0 aromatic carbocycles. The van der Waals surface area contributed by atoms with E-state index < -0.39 is 0 Å². The van der Waals surface area contributed by atoms with E-state index in [4.69, 9.17) is 4.98 Å². The number of hydrogen-bond acceptors (Lipinski definition) is 8. The normalized spacial score (nSPS) is 20.1. The molecule has 136 valence electrons. The molecular formula is C18H23N7O. The summed E-state index contributed by atoms with van der Waals surface area (Å²) in [5, 5.41) is 3.09. The van der Waals surface area contributed by atoms with E-state index in [1.165, 1.54) is 0 Å². The van der Waals surface area contributed by atoms with Gasteiger partial charge in [0.05, 0.1) is 11.3 Å². The molecule has 4 rings (SSSR count). The first-order chi connectivity index (χ1) is 12.7. The molecule has 0 spiro atoms. The van der Waals surface area contributed by atoms with Gasteiger partial charge in [0.25, 0.3) is 0 Å². The van der Waals surface area contributed by atoms with E-state index in [-0.39, 0.29) is 5.78 Å². The van der Waals surface area contributed by atoms with Crippen LogP contribution in [-0.4, -0.2) is 58.9 Å². The van der Waals surface area contributed by atoms with Crippen LogP contribution < -0.4 is 15.1 Å². The van der Waals surface area contributed by atoms with Gasteiger partial charge in [-0.05, 0) is 18.4 Å². The topological polar surface area (TPSA) is 87.1 Å². The van der Waals surface area contributed by atoms with Crippen molar-refractivity contribution < 1.29 is 4.79 Å². The van der Waals surface area contributed by atoms with Gasteiger partial charge in [-0.25, -0.2) is 15.0 Å². The highest BCUT2D eigenvalue weighted by molar-refractivity contribution is 6.02. The van der Waals surface area contributed by atoms with Crippen LogP contribution in [0.15, 0.2) is 18.5 Å². The van der Waals surface area contributed by atoms with Crippen molar-refractivity contribution in [2.45, 2.75) is 19.8 Å². The average Bonchev–Trinajstić information content (AvgIpc) is 2.67. The smallest absolute Gasteiger partial charge is 0.227 e. The second-order valence-corrected chi connectivity index (χ2v) is 6.90. The Labute approximate surface area is 152 Å². The van der Waals surface area contributed by atoms with Gasteiger partial charge in [-0.15, -0.1) is 0 Å². The largest absolute Gasteiger partial charge is 0.372 e. The number of carbonyl (C=O) groups is 1. The molecule has 0 unspecified atom stereocenters. The zero-order valence-corrected chi connectivity index (χ0v) is 15.1. The standard InChI is InChI=1S/C18H23N7O/c1-12-10-13-15(14(26)11-12)16(19-2)23-18(22-13)25-8-6-24(7-9-25)17-20-4-3-5-21-17/h3-5,12H,6-11H2,1-2H3,(H,19,22,23)/t12-/m1/s1. The Morgan fingerprint density at radius 1 is 1.00 bits per heavy atom. The fourth-order valence-electron chi connectivity index (χ4n) is 3.64. The Morgan fingerprint density at radius 2 is 1.65 bits per heavy atom. The van der Waals surface area contributed by atoms with Crippen LogP contribution in [0.4, 0.5) is 17.7 Å². The monoisotopic (exact) mass is 353 g/mol. The molecule has 0 saturated carbocycles. The number of aromatic nitrogens is 4. The SMILES string of the molecule is CNc1nc(N2CCN(c3ncccn3)CC2)nc2c1C(=O)C[C@H](C)C2. The molecule has 26 heavy (non-hydrogen) atoms. The third-order valence-electron chi connectivity index (χ3n) is 4.96. The molecule has 2 aliphatic rings. The summed E-state index contributed by atoms with van der Waals surface area (Å²) < 4.78 is 0. The number of nitrogens with one attached hydrogen (secondary N) is 1. The van der Waals surface area contributed by atoms with Crippen LogP contribution in [0.2, 0.25) is 0 Å². The summed E-state index contributed by atoms with van der Waals surface area (Å²) in [6.45, 7) is 5.32. The van der Waals surface area contributed by atoms with Crippen molar-refractivity contribution in [1.82, 2.24) is 19.9 Å². The molecule has 1 aliphatic carbocycles. The van der Waals surface area contributed by atoms with Gasteiger partial charge in [0, 0.05) is 52.0 Å². The molecule has 3 heterocycles. The molecule has 2 aromatic rings.